The van der Waals surface area contributed by atoms with Gasteiger partial charge in [0.25, 0.3) is 0 Å². The van der Waals surface area contributed by atoms with E-state index >= 15 is 0 Å². The molecule has 0 saturated carbocycles. The van der Waals surface area contributed by atoms with Crippen LogP contribution in [0.25, 0.3) is 11.1 Å². The summed E-state index contributed by atoms with van der Waals surface area (Å²) < 4.78 is 7.98. The van der Waals surface area contributed by atoms with E-state index in [1.807, 2.05) is 10.8 Å². The predicted octanol–water partition coefficient (Wildman–Crippen LogP) is 8.12. The van der Waals surface area contributed by atoms with Crippen LogP contribution in [-0.2, 0) is 28.1 Å². The summed E-state index contributed by atoms with van der Waals surface area (Å²) in [5, 5.41) is 8.31. The number of amides is 1. The number of fused-ring (bicyclic) bond motifs is 2. The molecule has 1 aliphatic carbocycles. The van der Waals surface area contributed by atoms with Gasteiger partial charge in [-0.05, 0) is 91.0 Å². The van der Waals surface area contributed by atoms with Crippen molar-refractivity contribution in [2.75, 3.05) is 11.9 Å². The highest BCUT2D eigenvalue weighted by Crippen LogP contribution is 2.47. The first-order valence-corrected chi connectivity index (χ1v) is 18.3. The maximum atomic E-state index is 13.3. The maximum Gasteiger partial charge on any atom is 0.235 e. The van der Waals surface area contributed by atoms with Gasteiger partial charge in [-0.1, -0.05) is 58.5 Å². The van der Waals surface area contributed by atoms with Crippen molar-refractivity contribution in [1.82, 2.24) is 9.78 Å². The van der Waals surface area contributed by atoms with Gasteiger partial charge in [0.15, 0.2) is 0 Å². The van der Waals surface area contributed by atoms with Crippen LogP contribution >= 0.6 is 0 Å². The Kier molecular flexibility index (Phi) is 8.83. The molecule has 206 valence electrons. The number of anilines is 1. The molecule has 2 aliphatic rings. The van der Waals surface area contributed by atoms with E-state index in [1.54, 1.807) is 0 Å². The molecule has 0 spiro atoms. The molecule has 1 aromatic heterocycles. The second-order valence-corrected chi connectivity index (χ2v) is 18.1. The molecule has 0 bridgehead atoms. The summed E-state index contributed by atoms with van der Waals surface area (Å²) in [5.74, 6) is 0.170. The number of carbonyl (C=O) groups is 1. The van der Waals surface area contributed by atoms with Crippen molar-refractivity contribution in [1.29, 1.82) is 0 Å². The summed E-state index contributed by atoms with van der Waals surface area (Å²) in [6.07, 6.45) is 11.8. The number of hydrogen-bond acceptors (Lipinski definition) is 3. The summed E-state index contributed by atoms with van der Waals surface area (Å²) in [7, 11) is -1.12. The smallest absolute Gasteiger partial charge is 0.235 e. The number of aromatic nitrogens is 2. The molecule has 1 amide bonds. The van der Waals surface area contributed by atoms with E-state index in [0.29, 0.717) is 6.73 Å². The second kappa shape index (κ2) is 11.7. The first-order chi connectivity index (χ1) is 18.1. The van der Waals surface area contributed by atoms with Crippen molar-refractivity contribution in [3.8, 4) is 0 Å². The van der Waals surface area contributed by atoms with Gasteiger partial charge in [0.1, 0.15) is 6.73 Å². The number of benzene rings is 1. The molecule has 5 nitrogen and oxygen atoms in total. The minimum Gasteiger partial charge on any atom is -0.360 e. The van der Waals surface area contributed by atoms with Crippen LogP contribution in [0.2, 0.25) is 25.7 Å². The molecule has 1 N–H and O–H groups in total. The third-order valence-corrected chi connectivity index (χ3v) is 9.87. The van der Waals surface area contributed by atoms with Crippen LogP contribution < -0.4 is 5.32 Å². The van der Waals surface area contributed by atoms with Crippen molar-refractivity contribution < 1.29 is 9.53 Å². The van der Waals surface area contributed by atoms with Crippen LogP contribution in [0.4, 0.5) is 5.69 Å². The highest BCUT2D eigenvalue weighted by Gasteiger charge is 2.45. The van der Waals surface area contributed by atoms with Gasteiger partial charge in [0, 0.05) is 26.6 Å². The average Bonchev–Trinajstić information content (AvgIpc) is 3.31. The van der Waals surface area contributed by atoms with E-state index in [1.165, 1.54) is 33.4 Å². The minimum atomic E-state index is -1.12. The number of rotatable bonds is 12. The summed E-state index contributed by atoms with van der Waals surface area (Å²) in [6.45, 7) is 19.0. The fourth-order valence-electron chi connectivity index (χ4n) is 6.28. The average molecular weight is 534 g/mol. The number of ether oxygens (including phenoxy) is 1. The van der Waals surface area contributed by atoms with Crippen molar-refractivity contribution in [2.24, 2.45) is 0 Å². The van der Waals surface area contributed by atoms with Gasteiger partial charge < -0.3 is 10.1 Å². The van der Waals surface area contributed by atoms with Gasteiger partial charge >= 0.3 is 0 Å². The van der Waals surface area contributed by atoms with Gasteiger partial charge in [-0.3, -0.25) is 4.79 Å². The Labute approximate surface area is 230 Å². The summed E-state index contributed by atoms with van der Waals surface area (Å²) >= 11 is 0. The van der Waals surface area contributed by atoms with Crippen molar-refractivity contribution in [3.63, 3.8) is 0 Å². The first-order valence-electron chi connectivity index (χ1n) is 14.6. The Bertz CT molecular complexity index is 1210. The van der Waals surface area contributed by atoms with Gasteiger partial charge in [-0.15, -0.1) is 6.58 Å². The third-order valence-electron chi connectivity index (χ3n) is 8.17. The summed E-state index contributed by atoms with van der Waals surface area (Å²) in [6, 6.07) is 5.70. The predicted molar refractivity (Wildman–Crippen MR) is 162 cm³/mol. The molecular formula is C32H47N3O2Si. The molecule has 0 atom stereocenters. The first kappa shape index (κ1) is 28.6. The van der Waals surface area contributed by atoms with E-state index in [-0.39, 0.29) is 5.91 Å². The second-order valence-electron chi connectivity index (χ2n) is 12.4. The van der Waals surface area contributed by atoms with E-state index < -0.39 is 13.5 Å². The molecular weight excluding hydrogens is 486 g/mol. The van der Waals surface area contributed by atoms with E-state index in [2.05, 4.69) is 70.6 Å². The highest BCUT2D eigenvalue weighted by molar-refractivity contribution is 6.76. The van der Waals surface area contributed by atoms with E-state index in [9.17, 15) is 4.79 Å². The molecule has 2 heterocycles. The molecule has 0 radical (unpaired) electrons. The fraction of sp³-hybridized carbons (Fsp3) is 0.562. The number of carbonyl (C=O) groups excluding carboxylic acids is 1. The molecule has 0 saturated heterocycles. The zero-order chi connectivity index (χ0) is 27.5. The van der Waals surface area contributed by atoms with Crippen LogP contribution in [0.5, 0.6) is 0 Å². The lowest BCUT2D eigenvalue weighted by Gasteiger charge is -2.27. The van der Waals surface area contributed by atoms with Crippen LogP contribution in [0.1, 0.15) is 86.7 Å². The largest absolute Gasteiger partial charge is 0.360 e. The fourth-order valence-corrected chi connectivity index (χ4v) is 7.04. The van der Waals surface area contributed by atoms with Gasteiger partial charge in [-0.2, -0.15) is 5.10 Å². The minimum absolute atomic E-state index is 0.170. The quantitative estimate of drug-likeness (QED) is 0.170. The highest BCUT2D eigenvalue weighted by atomic mass is 28.3. The molecule has 6 heteroatoms. The maximum absolute atomic E-state index is 13.3. The third kappa shape index (κ3) is 5.76. The molecule has 38 heavy (non-hydrogen) atoms. The zero-order valence-electron chi connectivity index (χ0n) is 24.5. The molecule has 1 aliphatic heterocycles. The van der Waals surface area contributed by atoms with Crippen LogP contribution in [0, 0.1) is 6.92 Å². The summed E-state index contributed by atoms with van der Waals surface area (Å²) in [4.78, 5) is 13.3. The lowest BCUT2D eigenvalue weighted by Crippen LogP contribution is -2.34. The Morgan fingerprint density at radius 2 is 1.92 bits per heavy atom. The molecule has 0 fully saturated rings. The van der Waals surface area contributed by atoms with Gasteiger partial charge in [0.2, 0.25) is 5.91 Å². The number of hydrogen-bond donors (Lipinski definition) is 1. The summed E-state index contributed by atoms with van der Waals surface area (Å²) in [5.41, 5.74) is 9.24. The van der Waals surface area contributed by atoms with E-state index in [0.717, 1.165) is 75.4 Å². The van der Waals surface area contributed by atoms with Crippen LogP contribution in [0.3, 0.4) is 0 Å². The number of nitrogens with zero attached hydrogens (tertiary/aromatic N) is 2. The lowest BCUT2D eigenvalue weighted by atomic mass is 9.73. The molecule has 1 aromatic carbocycles. The molecule has 4 rings (SSSR count). The monoisotopic (exact) mass is 533 g/mol. The number of aryl methyl sites for hydroxylation is 2. The molecule has 0 unspecified atom stereocenters. The number of nitrogens with one attached hydrogen (secondary N) is 1. The Morgan fingerprint density at radius 1 is 1.18 bits per heavy atom. The zero-order valence-corrected chi connectivity index (χ0v) is 25.5. The standard InChI is InChI=1S/C32H47N3O2Si/c1-8-12-26-25(14-11-13-24-21-35(34-30(24)26)22-37-17-18-38(5,6)7)27-20-29-28(19-23(27)4)32(15-9-2,16-10-3)31(36)33-29/h8,19-21H,1,9-18,22H2,2-7H3,(H,33,36). The Balaban J connectivity index is 1.71. The SMILES string of the molecule is C=CCC1=C(c2cc3c(cc2C)C(CCC)(CCC)C(=O)N3)CCCc2cn(COCC[Si](C)(C)C)nc21. The van der Waals surface area contributed by atoms with Crippen LogP contribution in [-0.4, -0.2) is 30.4 Å². The van der Waals surface area contributed by atoms with Crippen LogP contribution in [0.15, 0.2) is 31.0 Å². The van der Waals surface area contributed by atoms with E-state index in [4.69, 9.17) is 9.84 Å². The lowest BCUT2D eigenvalue weighted by molar-refractivity contribution is -0.121. The van der Waals surface area contributed by atoms with Gasteiger partial charge in [0.05, 0.1) is 11.1 Å². The topological polar surface area (TPSA) is 56.2 Å². The van der Waals surface area contributed by atoms with Crippen molar-refractivity contribution in [2.45, 2.75) is 110 Å². The Morgan fingerprint density at radius 3 is 2.58 bits per heavy atom. The van der Waals surface area contributed by atoms with Crippen molar-refractivity contribution in [3.05, 3.63) is 58.9 Å². The van der Waals surface area contributed by atoms with Crippen molar-refractivity contribution >= 4 is 30.8 Å². The van der Waals surface area contributed by atoms with Gasteiger partial charge in [-0.25, -0.2) is 4.68 Å². The number of allylic oxidation sites excluding steroid dienone is 3. The normalized spacial score (nSPS) is 16.7. The molecule has 2 aromatic rings. The Hall–Kier alpha value is -2.44.